The lowest BCUT2D eigenvalue weighted by Crippen LogP contribution is -2.33. The first-order chi connectivity index (χ1) is 10.1. The summed E-state index contributed by atoms with van der Waals surface area (Å²) in [6.07, 6.45) is 4.05. The van der Waals surface area contributed by atoms with Crippen LogP contribution in [-0.2, 0) is 0 Å². The first-order valence-corrected chi connectivity index (χ1v) is 8.60. The van der Waals surface area contributed by atoms with E-state index >= 15 is 0 Å². The lowest BCUT2D eigenvalue weighted by Gasteiger charge is -2.37. The molecule has 0 saturated heterocycles. The van der Waals surface area contributed by atoms with Crippen molar-refractivity contribution in [3.05, 3.63) is 29.8 Å². The molecule has 118 valence electrons. The molecule has 0 spiro atoms. The molecule has 21 heavy (non-hydrogen) atoms. The summed E-state index contributed by atoms with van der Waals surface area (Å²) in [5.74, 6) is 3.42. The molecule has 3 unspecified atom stereocenters. The Morgan fingerprint density at radius 1 is 1.14 bits per heavy atom. The normalized spacial score (nSPS) is 27.3. The van der Waals surface area contributed by atoms with E-state index in [0.717, 1.165) is 36.7 Å². The van der Waals surface area contributed by atoms with Gasteiger partial charge >= 0.3 is 0 Å². The van der Waals surface area contributed by atoms with Crippen molar-refractivity contribution in [2.24, 2.45) is 17.8 Å². The molecular formula is C19H31NO. The average Bonchev–Trinajstić information content (AvgIpc) is 2.44. The lowest BCUT2D eigenvalue weighted by molar-refractivity contribution is 0.177. The average molecular weight is 289 g/mol. The minimum Gasteiger partial charge on any atom is -0.494 e. The Morgan fingerprint density at radius 3 is 2.48 bits per heavy atom. The molecule has 2 rings (SSSR count). The van der Waals surface area contributed by atoms with Crippen molar-refractivity contribution < 1.29 is 4.74 Å². The maximum absolute atomic E-state index is 5.68. The third kappa shape index (κ3) is 4.47. The van der Waals surface area contributed by atoms with Gasteiger partial charge in [0.2, 0.25) is 0 Å². The van der Waals surface area contributed by atoms with Crippen LogP contribution >= 0.6 is 0 Å². The molecular weight excluding hydrogens is 258 g/mol. The molecule has 0 amide bonds. The van der Waals surface area contributed by atoms with Crippen molar-refractivity contribution in [3.63, 3.8) is 0 Å². The van der Waals surface area contributed by atoms with Gasteiger partial charge in [-0.05, 0) is 68.2 Å². The van der Waals surface area contributed by atoms with Gasteiger partial charge in [0.25, 0.3) is 0 Å². The van der Waals surface area contributed by atoms with E-state index in [9.17, 15) is 0 Å². The van der Waals surface area contributed by atoms with Crippen LogP contribution in [0.1, 0.15) is 58.6 Å². The van der Waals surface area contributed by atoms with E-state index in [1.54, 1.807) is 0 Å². The van der Waals surface area contributed by atoms with Crippen LogP contribution in [0.25, 0.3) is 0 Å². The molecule has 3 atom stereocenters. The van der Waals surface area contributed by atoms with Crippen molar-refractivity contribution in [1.82, 2.24) is 5.32 Å². The van der Waals surface area contributed by atoms with Gasteiger partial charge in [0.1, 0.15) is 5.75 Å². The summed E-state index contributed by atoms with van der Waals surface area (Å²) in [5, 5.41) is 3.72. The molecule has 0 aromatic heterocycles. The van der Waals surface area contributed by atoms with E-state index in [2.05, 4.69) is 50.4 Å². The number of nitrogens with one attached hydrogen (secondary N) is 1. The van der Waals surface area contributed by atoms with Gasteiger partial charge in [-0.3, -0.25) is 0 Å². The third-order valence-electron chi connectivity index (χ3n) is 4.64. The fourth-order valence-electron chi connectivity index (χ4n) is 4.02. The molecule has 0 heterocycles. The van der Waals surface area contributed by atoms with Crippen LogP contribution in [0, 0.1) is 17.8 Å². The number of rotatable bonds is 6. The smallest absolute Gasteiger partial charge is 0.119 e. The van der Waals surface area contributed by atoms with Gasteiger partial charge in [-0.2, -0.15) is 0 Å². The summed E-state index contributed by atoms with van der Waals surface area (Å²) in [5.41, 5.74) is 1.38. The Kier molecular flexibility index (Phi) is 6.10. The minimum absolute atomic E-state index is 0.459. The predicted molar refractivity (Wildman–Crippen MR) is 89.7 cm³/mol. The van der Waals surface area contributed by atoms with Crippen molar-refractivity contribution in [3.8, 4) is 5.75 Å². The zero-order chi connectivity index (χ0) is 15.2. The zero-order valence-electron chi connectivity index (χ0n) is 14.1. The zero-order valence-corrected chi connectivity index (χ0v) is 14.1. The van der Waals surface area contributed by atoms with Crippen molar-refractivity contribution >= 4 is 0 Å². The summed E-state index contributed by atoms with van der Waals surface area (Å²) >= 11 is 0. The topological polar surface area (TPSA) is 21.3 Å². The summed E-state index contributed by atoms with van der Waals surface area (Å²) < 4.78 is 5.68. The Labute approximate surface area is 130 Å². The van der Waals surface area contributed by atoms with E-state index in [-0.39, 0.29) is 0 Å². The Morgan fingerprint density at radius 2 is 1.86 bits per heavy atom. The van der Waals surface area contributed by atoms with Crippen LogP contribution in [0.2, 0.25) is 0 Å². The molecule has 1 aliphatic rings. The van der Waals surface area contributed by atoms with Crippen molar-refractivity contribution in [2.45, 2.75) is 53.0 Å². The Balaban J connectivity index is 2.19. The number of hydrogen-bond donors (Lipinski definition) is 1. The molecule has 0 aliphatic heterocycles. The molecule has 2 heteroatoms. The fourth-order valence-corrected chi connectivity index (χ4v) is 4.02. The van der Waals surface area contributed by atoms with Gasteiger partial charge in [-0.15, -0.1) is 0 Å². The maximum Gasteiger partial charge on any atom is 0.119 e. The second kappa shape index (κ2) is 7.84. The van der Waals surface area contributed by atoms with Crippen molar-refractivity contribution in [1.29, 1.82) is 0 Å². The van der Waals surface area contributed by atoms with Gasteiger partial charge in [0, 0.05) is 6.04 Å². The predicted octanol–water partition coefficient (Wildman–Crippen LogP) is 4.81. The molecule has 2 nitrogen and oxygen atoms in total. The molecule has 1 fully saturated rings. The number of ether oxygens (including phenoxy) is 1. The van der Waals surface area contributed by atoms with Crippen LogP contribution in [-0.4, -0.2) is 13.2 Å². The molecule has 1 aromatic rings. The lowest BCUT2D eigenvalue weighted by atomic mass is 9.72. The van der Waals surface area contributed by atoms with Crippen LogP contribution < -0.4 is 10.1 Å². The first kappa shape index (κ1) is 16.4. The first-order valence-electron chi connectivity index (χ1n) is 8.60. The minimum atomic E-state index is 0.459. The van der Waals surface area contributed by atoms with E-state index in [1.165, 1.54) is 24.8 Å². The molecule has 1 saturated carbocycles. The second-order valence-corrected chi connectivity index (χ2v) is 6.72. The van der Waals surface area contributed by atoms with Crippen LogP contribution in [0.4, 0.5) is 0 Å². The molecule has 0 radical (unpaired) electrons. The van der Waals surface area contributed by atoms with Gasteiger partial charge in [-0.1, -0.05) is 32.9 Å². The van der Waals surface area contributed by atoms with Crippen molar-refractivity contribution in [2.75, 3.05) is 13.2 Å². The Hall–Kier alpha value is -1.02. The standard InChI is InChI=1S/C19H31NO/c1-5-20-19(17-11-14(3)10-15(4)12-17)16-8-7-9-18(13-16)21-6-2/h7-9,13-15,17,19-20H,5-6,10-12H2,1-4H3. The van der Waals surface area contributed by atoms with Gasteiger partial charge in [-0.25, -0.2) is 0 Å². The summed E-state index contributed by atoms with van der Waals surface area (Å²) in [7, 11) is 0. The van der Waals surface area contributed by atoms with Crippen LogP contribution in [0.15, 0.2) is 24.3 Å². The van der Waals surface area contributed by atoms with Crippen LogP contribution in [0.3, 0.4) is 0 Å². The fraction of sp³-hybridized carbons (Fsp3) is 0.684. The quantitative estimate of drug-likeness (QED) is 0.811. The Bertz CT molecular complexity index is 421. The second-order valence-electron chi connectivity index (χ2n) is 6.72. The summed E-state index contributed by atoms with van der Waals surface area (Å²) in [6, 6.07) is 9.11. The van der Waals surface area contributed by atoms with Gasteiger partial charge in [0.15, 0.2) is 0 Å². The maximum atomic E-state index is 5.68. The molecule has 1 N–H and O–H groups in total. The highest BCUT2D eigenvalue weighted by atomic mass is 16.5. The highest BCUT2D eigenvalue weighted by Crippen LogP contribution is 2.40. The highest BCUT2D eigenvalue weighted by Gasteiger charge is 2.30. The molecule has 1 aromatic carbocycles. The monoisotopic (exact) mass is 289 g/mol. The van der Waals surface area contributed by atoms with E-state index in [1.807, 2.05) is 6.92 Å². The van der Waals surface area contributed by atoms with Gasteiger partial charge < -0.3 is 10.1 Å². The molecule has 0 bridgehead atoms. The third-order valence-corrected chi connectivity index (χ3v) is 4.64. The number of hydrogen-bond acceptors (Lipinski definition) is 2. The number of benzene rings is 1. The summed E-state index contributed by atoms with van der Waals surface area (Å²) in [6.45, 7) is 10.8. The van der Waals surface area contributed by atoms with Gasteiger partial charge in [0.05, 0.1) is 6.61 Å². The summed E-state index contributed by atoms with van der Waals surface area (Å²) in [4.78, 5) is 0. The van der Waals surface area contributed by atoms with Crippen LogP contribution in [0.5, 0.6) is 5.75 Å². The largest absolute Gasteiger partial charge is 0.494 e. The van der Waals surface area contributed by atoms with E-state index in [0.29, 0.717) is 6.04 Å². The van der Waals surface area contributed by atoms with E-state index < -0.39 is 0 Å². The molecule has 1 aliphatic carbocycles. The van der Waals surface area contributed by atoms with E-state index in [4.69, 9.17) is 4.74 Å². The SMILES string of the molecule is CCNC(c1cccc(OCC)c1)C1CC(C)CC(C)C1. The highest BCUT2D eigenvalue weighted by molar-refractivity contribution is 5.31.